The molecule has 24 N–H and O–H groups in total. The Kier molecular flexibility index (Phi) is 32.7. The number of esters is 11. The molecule has 1 unspecified atom stereocenters. The first-order valence-corrected chi connectivity index (χ1v) is 42.1. The molecule has 0 saturated carbocycles. The fourth-order valence-electron chi connectivity index (χ4n) is 13.8. The lowest BCUT2D eigenvalue weighted by Crippen LogP contribution is -2.63. The van der Waals surface area contributed by atoms with Crippen LogP contribution in [0.5, 0.6) is 172 Å². The molecule has 744 valence electrons. The van der Waals surface area contributed by atoms with Gasteiger partial charge in [-0.05, 0) is 128 Å². The molecule has 1 heterocycles. The van der Waals surface area contributed by atoms with Gasteiger partial charge in [0.25, 0.3) is 0 Å². The number of aromatic hydroxyl groups is 24. The predicted molar refractivity (Wildman–Crippen MR) is 466 cm³/mol. The van der Waals surface area contributed by atoms with Crippen molar-refractivity contribution in [2.24, 2.45) is 0 Å². The molecule has 11 rings (SSSR count). The molecule has 1 aliphatic rings. The normalized spacial score (nSPS) is 14.2. The standard InChI is InChI=1S/C94H86O47/c1-2-3-4-5-6-7-8-9-10-11-12-13-14-15-16-17-70(110)137-80-62(108)31-43(32-63(80)109)89(125)135-65-34-45(27-58(104)76(65)116)90(126)138-81-69(38-130-84(120)44-26-57(103)75(115)64(33-44)131-85(121)39-18-49(95)71(111)50(96)19-39)136-94(141-93(129)48-30-61(107)79(119)68(37-48)134-88(124)42-24-55(101)74(114)56(102)25-42)83(140-92(128)47-29-60(106)78(118)67(36-47)133-87(123)41-22-53(99)73(113)54(100)23-41)82(81)139-91(127)46-28-59(105)77(117)66(35-46)132-86(122)40-20-51(97)72(112)52(98)21-40/h18-37,69,81-83,94-109,111-119H,2-17,38H2,1H3/t69-,81-,82+,83-,94?/m1/s1. The van der Waals surface area contributed by atoms with Gasteiger partial charge >= 0.3 is 65.7 Å². The van der Waals surface area contributed by atoms with Gasteiger partial charge in [0.2, 0.25) is 46.9 Å². The van der Waals surface area contributed by atoms with Gasteiger partial charge in [-0.15, -0.1) is 0 Å². The Morgan fingerprint density at radius 3 is 0.709 bits per heavy atom. The summed E-state index contributed by atoms with van der Waals surface area (Å²) in [5.74, 6) is -56.4. The molecule has 0 amide bonds. The minimum absolute atomic E-state index is 0.181. The van der Waals surface area contributed by atoms with E-state index in [0.29, 0.717) is 134 Å². The maximum atomic E-state index is 15.4. The van der Waals surface area contributed by atoms with Crippen LogP contribution in [0.1, 0.15) is 213 Å². The van der Waals surface area contributed by atoms with Crippen LogP contribution in [0.2, 0.25) is 0 Å². The third-order valence-electron chi connectivity index (χ3n) is 21.1. The monoisotopic (exact) mass is 1970 g/mol. The number of phenols is 24. The van der Waals surface area contributed by atoms with Crippen LogP contribution in [-0.4, -0.2) is 226 Å². The molecule has 10 aromatic rings. The summed E-state index contributed by atoms with van der Waals surface area (Å²) in [5, 5.41) is 255. The molecule has 0 spiro atoms. The van der Waals surface area contributed by atoms with E-state index in [2.05, 4.69) is 6.92 Å². The molecule has 0 radical (unpaired) electrons. The fraction of sp³-hybridized carbons (Fsp3) is 0.245. The highest BCUT2D eigenvalue weighted by molar-refractivity contribution is 6.00. The zero-order chi connectivity index (χ0) is 103. The molecule has 1 fully saturated rings. The summed E-state index contributed by atoms with van der Waals surface area (Å²) < 4.78 is 66.4. The van der Waals surface area contributed by atoms with Gasteiger partial charge in [0, 0.05) is 6.42 Å². The molecule has 1 aliphatic heterocycles. The van der Waals surface area contributed by atoms with Crippen molar-refractivity contribution in [2.45, 2.75) is 140 Å². The van der Waals surface area contributed by atoms with Crippen molar-refractivity contribution in [3.8, 4) is 172 Å². The van der Waals surface area contributed by atoms with Crippen molar-refractivity contribution in [2.75, 3.05) is 6.61 Å². The van der Waals surface area contributed by atoms with Crippen molar-refractivity contribution < 1.29 is 232 Å². The van der Waals surface area contributed by atoms with Crippen molar-refractivity contribution >= 4 is 65.7 Å². The van der Waals surface area contributed by atoms with Gasteiger partial charge in [0.1, 0.15) is 12.7 Å². The average Bonchev–Trinajstić information content (AvgIpc) is 0.762. The molecule has 0 bridgehead atoms. The second-order valence-corrected chi connectivity index (χ2v) is 31.3. The van der Waals surface area contributed by atoms with E-state index >= 15 is 19.2 Å². The van der Waals surface area contributed by atoms with Crippen LogP contribution in [0.15, 0.2) is 121 Å². The summed E-state index contributed by atoms with van der Waals surface area (Å²) in [6.07, 6.45) is 0.152. The summed E-state index contributed by atoms with van der Waals surface area (Å²) in [5.41, 5.74) is -9.90. The molecule has 0 aromatic heterocycles. The first-order valence-electron chi connectivity index (χ1n) is 42.1. The van der Waals surface area contributed by atoms with Gasteiger partial charge in [-0.2, -0.15) is 0 Å². The molecule has 47 nitrogen and oxygen atoms in total. The van der Waals surface area contributed by atoms with E-state index in [9.17, 15) is 156 Å². The van der Waals surface area contributed by atoms with E-state index in [4.69, 9.17) is 56.8 Å². The molecular weight excluding hydrogens is 1880 g/mol. The van der Waals surface area contributed by atoms with Gasteiger partial charge < -0.3 is 179 Å². The zero-order valence-corrected chi connectivity index (χ0v) is 73.1. The maximum absolute atomic E-state index is 15.4. The van der Waals surface area contributed by atoms with Crippen LogP contribution in [0.3, 0.4) is 0 Å². The predicted octanol–water partition coefficient (Wildman–Crippen LogP) is 11.3. The summed E-state index contributed by atoms with van der Waals surface area (Å²) >= 11 is 0. The molecule has 0 aliphatic carbocycles. The SMILES string of the molecule is CCCCCCCCCCCCCCCCCC(=O)Oc1c(O)cc(C(=O)Oc2cc(C(=O)O[C@H]3[C@H](OC(=O)c4cc(O)c(O)c(OC(=O)c5cc(O)c(O)c(O)c5)c4)[C@@H](OC(=O)c4cc(O)c(O)c(OC(=O)c5cc(O)c(O)c(O)c5)c4)C(OC(=O)c4cc(O)c(O)c(OC(=O)c5cc(O)c(O)c(O)c5)c4)O[C@@H]3COC(=O)c3cc(O)c(O)c(OC(=O)c4cc(O)c(O)c(O)c4)c3)cc(O)c2O)cc1O. The van der Waals surface area contributed by atoms with E-state index in [1.165, 1.54) is 44.9 Å². The number of benzene rings is 10. The Labute approximate surface area is 791 Å². The Balaban J connectivity index is 1.01. The van der Waals surface area contributed by atoms with E-state index in [1.54, 1.807) is 0 Å². The third kappa shape index (κ3) is 25.0. The molecule has 47 heteroatoms. The smallest absolute Gasteiger partial charge is 0.343 e. The van der Waals surface area contributed by atoms with Crippen LogP contribution >= 0.6 is 0 Å². The first-order chi connectivity index (χ1) is 66.8. The van der Waals surface area contributed by atoms with Gasteiger partial charge in [0.05, 0.1) is 55.6 Å². The molecular formula is C94H86O47. The number of unbranched alkanes of at least 4 members (excludes halogenated alkanes) is 14. The molecule has 1 saturated heterocycles. The van der Waals surface area contributed by atoms with Gasteiger partial charge in [-0.3, -0.25) is 4.79 Å². The van der Waals surface area contributed by atoms with Crippen LogP contribution in [0.25, 0.3) is 0 Å². The largest absolute Gasteiger partial charge is 0.504 e. The lowest BCUT2D eigenvalue weighted by atomic mass is 9.97. The van der Waals surface area contributed by atoms with E-state index in [0.717, 1.165) is 38.5 Å². The molecule has 141 heavy (non-hydrogen) atoms. The topological polar surface area (TPSA) is 784 Å². The van der Waals surface area contributed by atoms with Crippen molar-refractivity contribution in [3.05, 3.63) is 177 Å². The minimum Gasteiger partial charge on any atom is -0.504 e. The Bertz CT molecular complexity index is 6440. The first kappa shape index (κ1) is 103. The van der Waals surface area contributed by atoms with E-state index < -0.39 is 331 Å². The second-order valence-electron chi connectivity index (χ2n) is 31.3. The highest BCUT2D eigenvalue weighted by Gasteiger charge is 2.55. The lowest BCUT2D eigenvalue weighted by molar-refractivity contribution is -0.282. The second kappa shape index (κ2) is 44.8. The van der Waals surface area contributed by atoms with Crippen molar-refractivity contribution in [1.29, 1.82) is 0 Å². The highest BCUT2D eigenvalue weighted by atomic mass is 16.8. The van der Waals surface area contributed by atoms with E-state index in [-0.39, 0.29) is 6.42 Å². The van der Waals surface area contributed by atoms with Crippen molar-refractivity contribution in [3.63, 3.8) is 0 Å². The number of ether oxygens (including phenoxy) is 12. The minimum atomic E-state index is -3.13. The number of phenolic OH excluding ortho intramolecular Hbond substituents is 24. The lowest BCUT2D eigenvalue weighted by Gasteiger charge is -2.43. The van der Waals surface area contributed by atoms with Crippen LogP contribution in [0.4, 0.5) is 0 Å². The zero-order valence-electron chi connectivity index (χ0n) is 73.1. The quantitative estimate of drug-likeness (QED) is 0.00562. The molecule has 5 atom stereocenters. The Hall–Kier alpha value is -18.5. The maximum Gasteiger partial charge on any atom is 0.343 e. The number of hydrogen-bond acceptors (Lipinski definition) is 47. The number of carbonyl (C=O) groups excluding carboxylic acids is 11. The van der Waals surface area contributed by atoms with Gasteiger partial charge in [-0.25, -0.2) is 47.9 Å². The van der Waals surface area contributed by atoms with Gasteiger partial charge in [0.15, 0.2) is 150 Å². The summed E-state index contributed by atoms with van der Waals surface area (Å²) in [6.45, 7) is 0.451. The number of rotatable bonds is 38. The van der Waals surface area contributed by atoms with Crippen LogP contribution in [-0.2, 0) is 33.2 Å². The third-order valence-corrected chi connectivity index (χ3v) is 21.1. The highest BCUT2D eigenvalue weighted by Crippen LogP contribution is 2.49. The van der Waals surface area contributed by atoms with Crippen molar-refractivity contribution in [1.82, 2.24) is 0 Å². The van der Waals surface area contributed by atoms with Crippen LogP contribution < -0.4 is 28.4 Å². The summed E-state index contributed by atoms with van der Waals surface area (Å²) in [7, 11) is 0. The number of carbonyl (C=O) groups is 11. The van der Waals surface area contributed by atoms with Gasteiger partial charge in [-0.1, -0.05) is 96.8 Å². The summed E-state index contributed by atoms with van der Waals surface area (Å²) in [6, 6.07) is 8.89. The average molecular weight is 1970 g/mol. The fourth-order valence-corrected chi connectivity index (χ4v) is 13.8. The Morgan fingerprint density at radius 1 is 0.227 bits per heavy atom. The summed E-state index contributed by atoms with van der Waals surface area (Å²) in [4.78, 5) is 157. The number of hydrogen-bond donors (Lipinski definition) is 24. The Morgan fingerprint density at radius 2 is 0.440 bits per heavy atom. The van der Waals surface area contributed by atoms with E-state index in [1.807, 2.05) is 0 Å². The molecule has 10 aromatic carbocycles. The van der Waals surface area contributed by atoms with Crippen LogP contribution in [0, 0.1) is 0 Å².